The van der Waals surface area contributed by atoms with Gasteiger partial charge in [0.05, 0.1) is 31.0 Å². The number of nitrogens with zero attached hydrogens (tertiary/aromatic N) is 3. The van der Waals surface area contributed by atoms with E-state index in [1.54, 1.807) is 30.3 Å². The zero-order chi connectivity index (χ0) is 31.0. The van der Waals surface area contributed by atoms with E-state index in [9.17, 15) is 31.9 Å². The summed E-state index contributed by atoms with van der Waals surface area (Å²) in [7, 11) is 0. The third kappa shape index (κ3) is 8.47. The number of carbonyl (C=O) groups is 4. The van der Waals surface area contributed by atoms with Gasteiger partial charge in [-0.1, -0.05) is 11.2 Å². The topological polar surface area (TPSA) is 187 Å². The minimum atomic E-state index is -5.08. The number of ether oxygens (including phenoxy) is 2. The number of carbonyl (C=O) groups excluding carboxylic acids is 3. The molecule has 1 saturated heterocycles. The number of rotatable bonds is 8. The molecule has 1 fully saturated rings. The predicted octanol–water partition coefficient (Wildman–Crippen LogP) is 2.64. The number of alkyl halides is 3. The summed E-state index contributed by atoms with van der Waals surface area (Å²) in [6.07, 6.45) is -4.72. The number of aromatic nitrogens is 2. The highest BCUT2D eigenvalue weighted by molar-refractivity contribution is 5.90. The van der Waals surface area contributed by atoms with Crippen molar-refractivity contribution in [2.45, 2.75) is 25.8 Å². The molecule has 1 atom stereocenters. The molecular formula is C25H23F4N5O8. The number of hydrogen-bond acceptors (Lipinski definition) is 10. The number of nitrogens with one attached hydrogen (secondary N) is 1. The van der Waals surface area contributed by atoms with Gasteiger partial charge in [-0.05, 0) is 24.3 Å². The Morgan fingerprint density at radius 1 is 1.19 bits per heavy atom. The summed E-state index contributed by atoms with van der Waals surface area (Å²) in [5, 5.41) is 13.6. The van der Waals surface area contributed by atoms with E-state index < -0.39 is 36.1 Å². The monoisotopic (exact) mass is 597 g/mol. The van der Waals surface area contributed by atoms with Gasteiger partial charge in [0.15, 0.2) is 12.4 Å². The Morgan fingerprint density at radius 2 is 1.90 bits per heavy atom. The lowest BCUT2D eigenvalue weighted by Gasteiger charge is -2.14. The van der Waals surface area contributed by atoms with Crippen molar-refractivity contribution < 1.29 is 55.8 Å². The molecule has 0 saturated carbocycles. The summed E-state index contributed by atoms with van der Waals surface area (Å²) < 4.78 is 61.9. The van der Waals surface area contributed by atoms with E-state index in [1.165, 1.54) is 24.1 Å². The van der Waals surface area contributed by atoms with Crippen molar-refractivity contribution in [3.05, 3.63) is 54.2 Å². The zero-order valence-electron chi connectivity index (χ0n) is 21.7. The van der Waals surface area contributed by atoms with Crippen LogP contribution < -0.4 is 16.0 Å². The molecule has 0 bridgehead atoms. The molecule has 1 aliphatic rings. The number of carboxylic acids is 1. The number of anilines is 1. The Hall–Kier alpha value is -5.06. The van der Waals surface area contributed by atoms with Crippen molar-refractivity contribution in [2.24, 2.45) is 5.73 Å². The molecule has 4 rings (SSSR count). The third-order valence-corrected chi connectivity index (χ3v) is 5.40. The van der Waals surface area contributed by atoms with Crippen LogP contribution in [0.5, 0.6) is 0 Å². The lowest BCUT2D eigenvalue weighted by atomic mass is 10.1. The van der Waals surface area contributed by atoms with Crippen LogP contribution in [0.1, 0.15) is 12.7 Å². The molecule has 2 aromatic heterocycles. The van der Waals surface area contributed by atoms with Crippen LogP contribution >= 0.6 is 0 Å². The predicted molar refractivity (Wildman–Crippen MR) is 134 cm³/mol. The van der Waals surface area contributed by atoms with Gasteiger partial charge >= 0.3 is 24.2 Å². The van der Waals surface area contributed by atoms with Gasteiger partial charge in [0.25, 0.3) is 0 Å². The average molecular weight is 597 g/mol. The van der Waals surface area contributed by atoms with Crippen LogP contribution in [-0.2, 0) is 30.5 Å². The molecular weight excluding hydrogens is 574 g/mol. The quantitative estimate of drug-likeness (QED) is 0.256. The molecule has 13 nitrogen and oxygen atoms in total. The zero-order valence-corrected chi connectivity index (χ0v) is 21.7. The number of benzene rings is 1. The highest BCUT2D eigenvalue weighted by atomic mass is 19.4. The number of halogens is 4. The van der Waals surface area contributed by atoms with Gasteiger partial charge in [-0.3, -0.25) is 19.5 Å². The summed E-state index contributed by atoms with van der Waals surface area (Å²) in [5.74, 6) is -3.77. The third-order valence-electron chi connectivity index (χ3n) is 5.40. The number of pyridine rings is 1. The first-order chi connectivity index (χ1) is 19.8. The molecule has 17 heteroatoms. The highest BCUT2D eigenvalue weighted by Crippen LogP contribution is 2.30. The van der Waals surface area contributed by atoms with E-state index in [1.807, 2.05) is 0 Å². The van der Waals surface area contributed by atoms with Gasteiger partial charge in [-0.2, -0.15) is 13.2 Å². The van der Waals surface area contributed by atoms with Crippen molar-refractivity contribution in [3.63, 3.8) is 0 Å². The number of amides is 2. The van der Waals surface area contributed by atoms with Crippen LogP contribution in [0.3, 0.4) is 0 Å². The molecule has 2 amide bonds. The SMILES string of the molecule is CC(=O)NC[C@H]1CN(c2ccc(-c3ccc(-c4cc(COC(=O)CN)on4)nc3)c(F)c2)C(=O)O1.O=C(O)C(F)(F)F. The number of aliphatic carboxylic acids is 1. The fourth-order valence-corrected chi connectivity index (χ4v) is 3.42. The smallest absolute Gasteiger partial charge is 0.475 e. The number of nitrogens with two attached hydrogens (primary N) is 1. The van der Waals surface area contributed by atoms with E-state index in [0.29, 0.717) is 34.0 Å². The number of cyclic esters (lactones) is 1. The van der Waals surface area contributed by atoms with E-state index in [4.69, 9.17) is 29.6 Å². The molecule has 0 spiro atoms. The Balaban J connectivity index is 0.000000616. The second-order valence-electron chi connectivity index (χ2n) is 8.50. The van der Waals surface area contributed by atoms with E-state index in [2.05, 4.69) is 15.5 Å². The van der Waals surface area contributed by atoms with Crippen molar-refractivity contribution in [1.29, 1.82) is 0 Å². The standard InChI is InChI=1S/C23H22FN5O6.C2HF3O2/c1-13(30)26-10-17-11-29(23(32)34-17)15-3-4-18(19(24)6-15)14-2-5-20(27-9-14)21-7-16(35-28-21)12-33-22(31)8-25;3-2(4,5)1(6)7/h2-7,9,17H,8,10-12,25H2,1H3,(H,26,30);(H,6,7)/t17-;/m0./s1. The molecule has 0 aliphatic carbocycles. The van der Waals surface area contributed by atoms with Crippen molar-refractivity contribution >= 4 is 29.6 Å². The number of esters is 1. The van der Waals surface area contributed by atoms with Crippen LogP contribution in [0.15, 0.2) is 47.1 Å². The van der Waals surface area contributed by atoms with Gasteiger partial charge in [0, 0.05) is 30.3 Å². The Morgan fingerprint density at radius 3 is 2.48 bits per heavy atom. The van der Waals surface area contributed by atoms with Gasteiger partial charge in [-0.15, -0.1) is 0 Å². The lowest BCUT2D eigenvalue weighted by molar-refractivity contribution is -0.192. The van der Waals surface area contributed by atoms with Gasteiger partial charge in [0.1, 0.15) is 17.6 Å². The van der Waals surface area contributed by atoms with Crippen LogP contribution in [0.25, 0.3) is 22.5 Å². The molecule has 4 N–H and O–H groups in total. The normalized spacial score (nSPS) is 14.5. The lowest BCUT2D eigenvalue weighted by Crippen LogP contribution is -2.33. The summed E-state index contributed by atoms with van der Waals surface area (Å²) in [6, 6.07) is 9.32. The largest absolute Gasteiger partial charge is 0.490 e. The maximum atomic E-state index is 14.9. The fourth-order valence-electron chi connectivity index (χ4n) is 3.42. The van der Waals surface area contributed by atoms with Crippen LogP contribution in [0, 0.1) is 5.82 Å². The first kappa shape index (κ1) is 31.5. The molecule has 1 aromatic carbocycles. The first-order valence-electron chi connectivity index (χ1n) is 11.9. The second kappa shape index (κ2) is 13.5. The molecule has 224 valence electrons. The Kier molecular flexibility index (Phi) is 10.1. The van der Waals surface area contributed by atoms with Gasteiger partial charge in [-0.25, -0.2) is 14.0 Å². The molecule has 0 radical (unpaired) electrons. The van der Waals surface area contributed by atoms with E-state index in [-0.39, 0.29) is 32.1 Å². The molecule has 0 unspecified atom stereocenters. The number of hydrogen-bond donors (Lipinski definition) is 3. The Bertz CT molecular complexity index is 1450. The minimum Gasteiger partial charge on any atom is -0.475 e. The Labute approximate surface area is 234 Å². The fraction of sp³-hybridized carbons (Fsp3) is 0.280. The molecule has 3 heterocycles. The summed E-state index contributed by atoms with van der Waals surface area (Å²) in [6.45, 7) is 1.41. The van der Waals surface area contributed by atoms with Gasteiger partial charge < -0.3 is 30.2 Å². The average Bonchev–Trinajstić information content (AvgIpc) is 3.57. The van der Waals surface area contributed by atoms with E-state index in [0.717, 1.165) is 0 Å². The molecule has 3 aromatic rings. The first-order valence-corrected chi connectivity index (χ1v) is 11.9. The maximum absolute atomic E-state index is 14.9. The minimum absolute atomic E-state index is 0.1000. The molecule has 1 aliphatic heterocycles. The summed E-state index contributed by atoms with van der Waals surface area (Å²) in [4.78, 5) is 48.9. The number of carboxylic acid groups (broad SMARTS) is 1. The van der Waals surface area contributed by atoms with Crippen LogP contribution in [0.4, 0.5) is 28.0 Å². The van der Waals surface area contributed by atoms with Crippen LogP contribution in [0.2, 0.25) is 0 Å². The second-order valence-corrected chi connectivity index (χ2v) is 8.50. The van der Waals surface area contributed by atoms with Crippen LogP contribution in [-0.4, -0.2) is 71.1 Å². The summed E-state index contributed by atoms with van der Waals surface area (Å²) >= 11 is 0. The van der Waals surface area contributed by atoms with E-state index >= 15 is 0 Å². The summed E-state index contributed by atoms with van der Waals surface area (Å²) in [5.41, 5.74) is 7.25. The molecule has 42 heavy (non-hydrogen) atoms. The van der Waals surface area contributed by atoms with Crippen molar-refractivity contribution in [1.82, 2.24) is 15.5 Å². The van der Waals surface area contributed by atoms with Crippen molar-refractivity contribution in [2.75, 3.05) is 24.5 Å². The highest BCUT2D eigenvalue weighted by Gasteiger charge is 2.38. The van der Waals surface area contributed by atoms with Gasteiger partial charge in [0.2, 0.25) is 5.91 Å². The maximum Gasteiger partial charge on any atom is 0.490 e. The van der Waals surface area contributed by atoms with Crippen molar-refractivity contribution in [3.8, 4) is 22.5 Å².